The normalized spacial score (nSPS) is 36.7. The molecule has 0 spiro atoms. The minimum absolute atomic E-state index is 0.0978. The Balaban J connectivity index is 1.63. The Morgan fingerprint density at radius 1 is 1.08 bits per heavy atom. The summed E-state index contributed by atoms with van der Waals surface area (Å²) in [6.45, 7) is 10.3. The van der Waals surface area contributed by atoms with E-state index in [1.54, 1.807) is 0 Å². The van der Waals surface area contributed by atoms with Crippen molar-refractivity contribution in [2.45, 2.75) is 72.2 Å². The fourth-order valence-electron chi connectivity index (χ4n) is 5.35. The van der Waals surface area contributed by atoms with Crippen LogP contribution in [0.3, 0.4) is 0 Å². The molecule has 0 aromatic carbocycles. The van der Waals surface area contributed by atoms with Crippen molar-refractivity contribution in [3.8, 4) is 0 Å². The maximum atomic E-state index is 12.6. The molecule has 0 heterocycles. The van der Waals surface area contributed by atoms with Crippen molar-refractivity contribution in [3.63, 3.8) is 0 Å². The largest absolute Gasteiger partial charge is 0.435 e. The second kappa shape index (κ2) is 7.23. The molecule has 0 radical (unpaired) electrons. The number of ether oxygens (including phenoxy) is 2. The molecule has 2 unspecified atom stereocenters. The summed E-state index contributed by atoms with van der Waals surface area (Å²) in [4.78, 5) is 12.6. The summed E-state index contributed by atoms with van der Waals surface area (Å²) in [6.07, 6.45) is 7.59. The van der Waals surface area contributed by atoms with Crippen molar-refractivity contribution in [1.82, 2.24) is 0 Å². The fourth-order valence-corrected chi connectivity index (χ4v) is 6.38. The average Bonchev–Trinajstić information content (AvgIpc) is 2.48. The van der Waals surface area contributed by atoms with Gasteiger partial charge in [0.15, 0.2) is 0 Å². The molecular formula is C20H35O3P. The molecule has 0 aromatic rings. The van der Waals surface area contributed by atoms with E-state index in [-0.39, 0.29) is 18.2 Å². The third-order valence-corrected chi connectivity index (χ3v) is 7.61. The van der Waals surface area contributed by atoms with Crippen LogP contribution in [-0.4, -0.2) is 31.2 Å². The van der Waals surface area contributed by atoms with Gasteiger partial charge in [-0.05, 0) is 82.4 Å². The van der Waals surface area contributed by atoms with E-state index >= 15 is 0 Å². The number of esters is 1. The maximum Gasteiger partial charge on any atom is 0.314 e. The number of carbonyl (C=O) groups excluding carboxylic acids is 1. The van der Waals surface area contributed by atoms with Crippen LogP contribution in [-0.2, 0) is 14.3 Å². The van der Waals surface area contributed by atoms with Gasteiger partial charge < -0.3 is 9.47 Å². The van der Waals surface area contributed by atoms with Crippen molar-refractivity contribution in [1.29, 1.82) is 0 Å². The molecule has 4 aliphatic rings. The molecule has 138 valence electrons. The Kier molecular flexibility index (Phi) is 5.62. The Morgan fingerprint density at radius 3 is 2.08 bits per heavy atom. The minimum Gasteiger partial charge on any atom is -0.435 e. The van der Waals surface area contributed by atoms with Gasteiger partial charge in [0.2, 0.25) is 6.29 Å². The summed E-state index contributed by atoms with van der Waals surface area (Å²) in [7, 11) is 0.760. The molecule has 0 aromatic heterocycles. The molecule has 4 bridgehead atoms. The van der Waals surface area contributed by atoms with E-state index in [0.717, 1.165) is 26.6 Å². The summed E-state index contributed by atoms with van der Waals surface area (Å²) < 4.78 is 12.4. The molecule has 3 nitrogen and oxygen atoms in total. The van der Waals surface area contributed by atoms with Crippen molar-refractivity contribution < 1.29 is 14.3 Å². The monoisotopic (exact) mass is 354 g/mol. The molecule has 0 saturated heterocycles. The first-order chi connectivity index (χ1) is 11.3. The zero-order valence-electron chi connectivity index (χ0n) is 16.0. The predicted octanol–water partition coefficient (Wildman–Crippen LogP) is 4.69. The van der Waals surface area contributed by atoms with Crippen LogP contribution in [0.1, 0.15) is 59.8 Å². The molecule has 0 N–H and O–H groups in total. The number of rotatable bonds is 7. The average molecular weight is 354 g/mol. The third-order valence-electron chi connectivity index (χ3n) is 6.37. The lowest BCUT2D eigenvalue weighted by molar-refractivity contribution is -0.240. The van der Waals surface area contributed by atoms with Gasteiger partial charge in [-0.1, -0.05) is 13.8 Å². The maximum absolute atomic E-state index is 12.6. The second-order valence-corrected chi connectivity index (χ2v) is 10.5. The summed E-state index contributed by atoms with van der Waals surface area (Å²) in [6, 6.07) is 0. The van der Waals surface area contributed by atoms with Gasteiger partial charge in [-0.3, -0.25) is 4.79 Å². The number of hydrogen-bond donors (Lipinski definition) is 0. The van der Waals surface area contributed by atoms with Crippen LogP contribution in [0.5, 0.6) is 0 Å². The summed E-state index contributed by atoms with van der Waals surface area (Å²) in [5.74, 6) is 3.39. The molecule has 4 heteroatoms. The van der Waals surface area contributed by atoms with Crippen molar-refractivity contribution in [2.24, 2.45) is 35.0 Å². The number of hydrogen-bond acceptors (Lipinski definition) is 3. The highest BCUT2D eigenvalue weighted by atomic mass is 31.1. The Morgan fingerprint density at radius 2 is 1.62 bits per heavy atom. The molecule has 4 fully saturated rings. The lowest BCUT2D eigenvalue weighted by atomic mass is 9.55. The van der Waals surface area contributed by atoms with E-state index < -0.39 is 5.41 Å². The highest BCUT2D eigenvalue weighted by Gasteiger charge is 2.50. The minimum atomic E-state index is -0.409. The van der Waals surface area contributed by atoms with E-state index in [2.05, 4.69) is 20.5 Å². The molecule has 0 aliphatic heterocycles. The van der Waals surface area contributed by atoms with Crippen molar-refractivity contribution in [2.75, 3.05) is 12.8 Å². The third kappa shape index (κ3) is 3.83. The molecule has 4 rings (SSSR count). The van der Waals surface area contributed by atoms with Gasteiger partial charge >= 0.3 is 5.97 Å². The van der Waals surface area contributed by atoms with Gasteiger partial charge in [0.25, 0.3) is 0 Å². The zero-order valence-corrected chi connectivity index (χ0v) is 17.0. The Bertz CT molecular complexity index is 432. The number of carbonyl (C=O) groups is 1. The fraction of sp³-hybridized carbons (Fsp3) is 0.950. The quantitative estimate of drug-likeness (QED) is 0.378. The Labute approximate surface area is 149 Å². The van der Waals surface area contributed by atoms with Crippen LogP contribution in [0.25, 0.3) is 0 Å². The van der Waals surface area contributed by atoms with Gasteiger partial charge in [0, 0.05) is 5.92 Å². The van der Waals surface area contributed by atoms with Crippen LogP contribution < -0.4 is 0 Å². The molecule has 2 atom stereocenters. The lowest BCUT2D eigenvalue weighted by Crippen LogP contribution is -2.51. The molecular weight excluding hydrogens is 319 g/mol. The molecule has 4 aliphatic carbocycles. The second-order valence-electron chi connectivity index (χ2n) is 9.46. The zero-order chi connectivity index (χ0) is 17.5. The van der Waals surface area contributed by atoms with Crippen LogP contribution in [0.4, 0.5) is 0 Å². The molecule has 0 amide bonds. The van der Waals surface area contributed by atoms with Gasteiger partial charge in [-0.2, -0.15) is 0 Å². The van der Waals surface area contributed by atoms with Crippen molar-refractivity contribution >= 4 is 14.6 Å². The summed E-state index contributed by atoms with van der Waals surface area (Å²) in [5.41, 5.74) is -0.409. The van der Waals surface area contributed by atoms with E-state index in [4.69, 9.17) is 9.47 Å². The van der Waals surface area contributed by atoms with E-state index in [9.17, 15) is 4.79 Å². The first kappa shape index (κ1) is 18.6. The summed E-state index contributed by atoms with van der Waals surface area (Å²) in [5, 5.41) is 0. The van der Waals surface area contributed by atoms with Crippen molar-refractivity contribution in [3.05, 3.63) is 0 Å². The van der Waals surface area contributed by atoms with Gasteiger partial charge in [0.1, 0.15) is 0 Å². The molecule has 4 saturated carbocycles. The van der Waals surface area contributed by atoms with E-state index in [1.807, 2.05) is 13.8 Å². The Hall–Kier alpha value is -0.140. The van der Waals surface area contributed by atoms with Gasteiger partial charge in [0.05, 0.1) is 11.5 Å². The first-order valence-electron chi connectivity index (χ1n) is 9.81. The smallest absolute Gasteiger partial charge is 0.314 e. The SMILES string of the molecule is CPCC(C)(C)C(=O)OC(OC1C2CC3CC(C2)CC1C3)C(C)C. The van der Waals surface area contributed by atoms with E-state index in [0.29, 0.717) is 17.9 Å². The highest BCUT2D eigenvalue weighted by Crippen LogP contribution is 2.55. The van der Waals surface area contributed by atoms with Gasteiger partial charge in [-0.15, -0.1) is 8.58 Å². The van der Waals surface area contributed by atoms with E-state index in [1.165, 1.54) is 32.1 Å². The molecule has 24 heavy (non-hydrogen) atoms. The predicted molar refractivity (Wildman–Crippen MR) is 99.5 cm³/mol. The summed E-state index contributed by atoms with van der Waals surface area (Å²) >= 11 is 0. The standard InChI is InChI=1S/C20H35O3P/c1-12(2)18(23-19(21)20(3,4)11-24-5)22-17-15-7-13-6-14(9-15)10-16(17)8-13/h12-18,24H,6-11H2,1-5H3. The van der Waals surface area contributed by atoms with Crippen LogP contribution in [0, 0.1) is 35.0 Å². The first-order valence-corrected chi connectivity index (χ1v) is 11.5. The van der Waals surface area contributed by atoms with Crippen LogP contribution >= 0.6 is 8.58 Å². The van der Waals surface area contributed by atoms with Crippen LogP contribution in [0.2, 0.25) is 0 Å². The topological polar surface area (TPSA) is 35.5 Å². The van der Waals surface area contributed by atoms with Crippen LogP contribution in [0.15, 0.2) is 0 Å². The lowest BCUT2D eigenvalue weighted by Gasteiger charge is -2.54. The van der Waals surface area contributed by atoms with Gasteiger partial charge in [-0.25, -0.2) is 0 Å². The highest BCUT2D eigenvalue weighted by molar-refractivity contribution is 7.37.